The number of phenols is 1. The molecule has 1 fully saturated rings. The SMILES string of the molecule is COCCN(C(=O)Cc1cccc(O)c1)C1CC1. The zero-order valence-electron chi connectivity index (χ0n) is 10.6. The number of amides is 1. The standard InChI is InChI=1S/C14H19NO3/c1-18-8-7-15(12-5-6-12)14(17)10-11-3-2-4-13(16)9-11/h2-4,9,12,16H,5-8,10H2,1H3. The number of benzene rings is 1. The molecule has 0 heterocycles. The number of rotatable bonds is 6. The highest BCUT2D eigenvalue weighted by molar-refractivity contribution is 5.79. The Kier molecular flexibility index (Phi) is 4.20. The van der Waals surface area contributed by atoms with E-state index in [1.54, 1.807) is 25.3 Å². The molecule has 0 spiro atoms. The van der Waals surface area contributed by atoms with Crippen LogP contribution in [0.1, 0.15) is 18.4 Å². The normalized spacial score (nSPS) is 14.5. The minimum atomic E-state index is 0.111. The van der Waals surface area contributed by atoms with Crippen molar-refractivity contribution in [3.8, 4) is 5.75 Å². The van der Waals surface area contributed by atoms with E-state index >= 15 is 0 Å². The van der Waals surface area contributed by atoms with Crippen LogP contribution in [0.2, 0.25) is 0 Å². The van der Waals surface area contributed by atoms with Gasteiger partial charge in [0.15, 0.2) is 0 Å². The van der Waals surface area contributed by atoms with Crippen LogP contribution in [-0.4, -0.2) is 42.2 Å². The number of phenolic OH excluding ortho intramolecular Hbond substituents is 1. The summed E-state index contributed by atoms with van der Waals surface area (Å²) in [6, 6.07) is 7.26. The Hall–Kier alpha value is -1.55. The molecule has 0 radical (unpaired) electrons. The topological polar surface area (TPSA) is 49.8 Å². The van der Waals surface area contributed by atoms with Gasteiger partial charge >= 0.3 is 0 Å². The van der Waals surface area contributed by atoms with Crippen molar-refractivity contribution < 1.29 is 14.6 Å². The average Bonchev–Trinajstić information content (AvgIpc) is 3.14. The lowest BCUT2D eigenvalue weighted by molar-refractivity contribution is -0.131. The fourth-order valence-electron chi connectivity index (χ4n) is 2.03. The molecule has 1 aliphatic rings. The van der Waals surface area contributed by atoms with E-state index in [4.69, 9.17) is 4.74 Å². The molecule has 2 rings (SSSR count). The van der Waals surface area contributed by atoms with Crippen LogP contribution in [-0.2, 0) is 16.0 Å². The molecule has 98 valence electrons. The van der Waals surface area contributed by atoms with Crippen LogP contribution in [0.25, 0.3) is 0 Å². The molecule has 4 heteroatoms. The van der Waals surface area contributed by atoms with Crippen LogP contribution < -0.4 is 0 Å². The molecule has 1 aromatic rings. The van der Waals surface area contributed by atoms with E-state index in [1.807, 2.05) is 11.0 Å². The number of methoxy groups -OCH3 is 1. The van der Waals surface area contributed by atoms with Gasteiger partial charge in [0.1, 0.15) is 5.75 Å². The Morgan fingerprint density at radius 3 is 2.89 bits per heavy atom. The zero-order valence-corrected chi connectivity index (χ0v) is 10.6. The summed E-state index contributed by atoms with van der Waals surface area (Å²) in [6.07, 6.45) is 2.53. The van der Waals surface area contributed by atoms with Gasteiger partial charge in [0.2, 0.25) is 5.91 Å². The van der Waals surface area contributed by atoms with Crippen LogP contribution in [0.3, 0.4) is 0 Å². The molecular formula is C14H19NO3. The molecule has 1 amide bonds. The minimum Gasteiger partial charge on any atom is -0.508 e. The van der Waals surface area contributed by atoms with Gasteiger partial charge in [0, 0.05) is 19.7 Å². The summed E-state index contributed by atoms with van der Waals surface area (Å²) in [4.78, 5) is 14.1. The third-order valence-corrected chi connectivity index (χ3v) is 3.11. The Morgan fingerprint density at radius 2 is 2.28 bits per heavy atom. The molecule has 0 bridgehead atoms. The maximum absolute atomic E-state index is 12.2. The van der Waals surface area contributed by atoms with Crippen molar-refractivity contribution in [2.45, 2.75) is 25.3 Å². The second-order valence-electron chi connectivity index (χ2n) is 4.66. The van der Waals surface area contributed by atoms with Crippen molar-refractivity contribution >= 4 is 5.91 Å². The van der Waals surface area contributed by atoms with Gasteiger partial charge in [0.25, 0.3) is 0 Å². The van der Waals surface area contributed by atoms with Crippen LogP contribution in [0.4, 0.5) is 0 Å². The maximum Gasteiger partial charge on any atom is 0.227 e. The Morgan fingerprint density at radius 1 is 1.50 bits per heavy atom. The van der Waals surface area contributed by atoms with E-state index in [0.29, 0.717) is 25.6 Å². The molecule has 0 atom stereocenters. The van der Waals surface area contributed by atoms with Crippen molar-refractivity contribution in [2.75, 3.05) is 20.3 Å². The first-order chi connectivity index (χ1) is 8.70. The van der Waals surface area contributed by atoms with Crippen molar-refractivity contribution in [1.29, 1.82) is 0 Å². The number of hydrogen-bond acceptors (Lipinski definition) is 3. The lowest BCUT2D eigenvalue weighted by Crippen LogP contribution is -2.36. The monoisotopic (exact) mass is 249 g/mol. The summed E-state index contributed by atoms with van der Waals surface area (Å²) in [6.45, 7) is 1.22. The minimum absolute atomic E-state index is 0.111. The van der Waals surface area contributed by atoms with Crippen LogP contribution in [0, 0.1) is 0 Å². The van der Waals surface area contributed by atoms with Crippen LogP contribution in [0.5, 0.6) is 5.75 Å². The van der Waals surface area contributed by atoms with Gasteiger partial charge in [-0.05, 0) is 30.5 Å². The van der Waals surface area contributed by atoms with E-state index in [2.05, 4.69) is 0 Å². The summed E-state index contributed by atoms with van der Waals surface area (Å²) >= 11 is 0. The van der Waals surface area contributed by atoms with E-state index < -0.39 is 0 Å². The van der Waals surface area contributed by atoms with Gasteiger partial charge in [-0.3, -0.25) is 4.79 Å². The molecule has 0 aliphatic heterocycles. The number of carbonyl (C=O) groups excluding carboxylic acids is 1. The van der Waals surface area contributed by atoms with E-state index in [-0.39, 0.29) is 11.7 Å². The first-order valence-electron chi connectivity index (χ1n) is 6.27. The highest BCUT2D eigenvalue weighted by Crippen LogP contribution is 2.27. The largest absolute Gasteiger partial charge is 0.508 e. The number of nitrogens with zero attached hydrogens (tertiary/aromatic N) is 1. The quantitative estimate of drug-likeness (QED) is 0.832. The third-order valence-electron chi connectivity index (χ3n) is 3.11. The van der Waals surface area contributed by atoms with Gasteiger partial charge in [-0.25, -0.2) is 0 Å². The summed E-state index contributed by atoms with van der Waals surface area (Å²) in [7, 11) is 1.64. The molecular weight excluding hydrogens is 230 g/mol. The lowest BCUT2D eigenvalue weighted by atomic mass is 10.1. The van der Waals surface area contributed by atoms with Crippen molar-refractivity contribution in [3.63, 3.8) is 0 Å². The fourth-order valence-corrected chi connectivity index (χ4v) is 2.03. The van der Waals surface area contributed by atoms with Crippen molar-refractivity contribution in [3.05, 3.63) is 29.8 Å². The summed E-state index contributed by atoms with van der Waals surface area (Å²) in [5.74, 6) is 0.315. The van der Waals surface area contributed by atoms with Crippen LogP contribution in [0.15, 0.2) is 24.3 Å². The third kappa shape index (κ3) is 3.47. The molecule has 1 aliphatic carbocycles. The Balaban J connectivity index is 1.96. The Bertz CT molecular complexity index is 415. The van der Waals surface area contributed by atoms with Gasteiger partial charge < -0.3 is 14.7 Å². The molecule has 1 saturated carbocycles. The second-order valence-corrected chi connectivity index (χ2v) is 4.66. The molecule has 1 N–H and O–H groups in total. The van der Waals surface area contributed by atoms with E-state index in [9.17, 15) is 9.90 Å². The predicted molar refractivity (Wildman–Crippen MR) is 68.4 cm³/mol. The lowest BCUT2D eigenvalue weighted by Gasteiger charge is -2.22. The highest BCUT2D eigenvalue weighted by atomic mass is 16.5. The van der Waals surface area contributed by atoms with Gasteiger partial charge in [-0.1, -0.05) is 12.1 Å². The van der Waals surface area contributed by atoms with Crippen LogP contribution >= 0.6 is 0 Å². The first-order valence-corrected chi connectivity index (χ1v) is 6.27. The number of aromatic hydroxyl groups is 1. The Labute approximate surface area is 107 Å². The smallest absolute Gasteiger partial charge is 0.227 e. The van der Waals surface area contributed by atoms with Gasteiger partial charge in [-0.15, -0.1) is 0 Å². The summed E-state index contributed by atoms with van der Waals surface area (Å²) in [5.41, 5.74) is 0.850. The van der Waals surface area contributed by atoms with Gasteiger partial charge in [0.05, 0.1) is 13.0 Å². The van der Waals surface area contributed by atoms with Gasteiger partial charge in [-0.2, -0.15) is 0 Å². The van der Waals surface area contributed by atoms with Crippen molar-refractivity contribution in [1.82, 2.24) is 4.90 Å². The number of hydrogen-bond donors (Lipinski definition) is 1. The summed E-state index contributed by atoms with van der Waals surface area (Å²) < 4.78 is 5.04. The fraction of sp³-hybridized carbons (Fsp3) is 0.500. The van der Waals surface area contributed by atoms with E-state index in [0.717, 1.165) is 18.4 Å². The van der Waals surface area contributed by atoms with E-state index in [1.165, 1.54) is 0 Å². The molecule has 4 nitrogen and oxygen atoms in total. The number of carbonyl (C=O) groups is 1. The zero-order chi connectivity index (χ0) is 13.0. The predicted octanol–water partition coefficient (Wildman–Crippen LogP) is 1.57. The summed E-state index contributed by atoms with van der Waals surface area (Å²) in [5, 5.41) is 9.38. The average molecular weight is 249 g/mol. The molecule has 0 aromatic heterocycles. The number of ether oxygens (including phenoxy) is 1. The first kappa shape index (κ1) is 12.9. The van der Waals surface area contributed by atoms with Crippen molar-refractivity contribution in [2.24, 2.45) is 0 Å². The second kappa shape index (κ2) is 5.87. The maximum atomic E-state index is 12.2. The molecule has 1 aromatic carbocycles. The molecule has 18 heavy (non-hydrogen) atoms. The molecule has 0 saturated heterocycles. The highest BCUT2D eigenvalue weighted by Gasteiger charge is 2.31. The molecule has 0 unspecified atom stereocenters.